The van der Waals surface area contributed by atoms with Gasteiger partial charge < -0.3 is 14.8 Å². The van der Waals surface area contributed by atoms with Crippen molar-refractivity contribution in [1.82, 2.24) is 0 Å². The normalized spacial score (nSPS) is 10.2. The molecule has 0 heterocycles. The van der Waals surface area contributed by atoms with Crippen molar-refractivity contribution in [3.8, 4) is 11.5 Å². The standard InChI is InChI=1S/C20H23NO4/c1-14-4-7-17(8-5-14)25-13-16(22)6-11-20(23)21-19-10-9-18(24-3)12-15(19)2/h4-5,7-10,12H,6,11,13H2,1-3H3,(H,21,23). The van der Waals surface area contributed by atoms with E-state index in [-0.39, 0.29) is 31.1 Å². The molecule has 0 atom stereocenters. The third-order valence-electron chi connectivity index (χ3n) is 3.76. The highest BCUT2D eigenvalue weighted by Gasteiger charge is 2.10. The second kappa shape index (κ2) is 8.87. The second-order valence-electron chi connectivity index (χ2n) is 5.87. The molecule has 0 radical (unpaired) electrons. The lowest BCUT2D eigenvalue weighted by atomic mass is 10.1. The molecule has 0 saturated heterocycles. The quantitative estimate of drug-likeness (QED) is 0.795. The highest BCUT2D eigenvalue weighted by Crippen LogP contribution is 2.21. The van der Waals surface area contributed by atoms with Crippen LogP contribution < -0.4 is 14.8 Å². The Bertz CT molecular complexity index is 738. The number of carbonyl (C=O) groups is 2. The molecule has 5 heteroatoms. The fraction of sp³-hybridized carbons (Fsp3) is 0.300. The summed E-state index contributed by atoms with van der Waals surface area (Å²) in [7, 11) is 1.59. The lowest BCUT2D eigenvalue weighted by molar-refractivity contribution is -0.124. The number of amides is 1. The Labute approximate surface area is 148 Å². The Morgan fingerprint density at radius 1 is 0.960 bits per heavy atom. The zero-order valence-electron chi connectivity index (χ0n) is 14.8. The zero-order chi connectivity index (χ0) is 18.2. The van der Waals surface area contributed by atoms with E-state index in [4.69, 9.17) is 9.47 Å². The molecule has 1 amide bonds. The van der Waals surface area contributed by atoms with Gasteiger partial charge >= 0.3 is 0 Å². The molecule has 5 nitrogen and oxygen atoms in total. The van der Waals surface area contributed by atoms with E-state index in [0.29, 0.717) is 11.4 Å². The first-order chi connectivity index (χ1) is 12.0. The van der Waals surface area contributed by atoms with Crippen LogP contribution in [-0.2, 0) is 9.59 Å². The van der Waals surface area contributed by atoms with Crippen LogP contribution in [0.15, 0.2) is 42.5 Å². The molecule has 0 saturated carbocycles. The van der Waals surface area contributed by atoms with Gasteiger partial charge in [-0.3, -0.25) is 9.59 Å². The maximum Gasteiger partial charge on any atom is 0.224 e. The molecule has 0 aliphatic carbocycles. The maximum absolute atomic E-state index is 12.0. The van der Waals surface area contributed by atoms with Gasteiger partial charge in [0.15, 0.2) is 5.78 Å². The minimum absolute atomic E-state index is 0.0299. The Hall–Kier alpha value is -2.82. The summed E-state index contributed by atoms with van der Waals surface area (Å²) in [5.41, 5.74) is 2.75. The zero-order valence-corrected chi connectivity index (χ0v) is 14.8. The summed E-state index contributed by atoms with van der Waals surface area (Å²) in [5, 5.41) is 2.81. The molecule has 1 N–H and O–H groups in total. The van der Waals surface area contributed by atoms with Crippen LogP contribution in [0.4, 0.5) is 5.69 Å². The van der Waals surface area contributed by atoms with Gasteiger partial charge in [-0.2, -0.15) is 0 Å². The summed E-state index contributed by atoms with van der Waals surface area (Å²) in [6.07, 6.45) is 0.272. The summed E-state index contributed by atoms with van der Waals surface area (Å²) in [5.74, 6) is 1.08. The van der Waals surface area contributed by atoms with Gasteiger partial charge in [0.2, 0.25) is 5.91 Å². The largest absolute Gasteiger partial charge is 0.497 e. The minimum atomic E-state index is -0.197. The highest BCUT2D eigenvalue weighted by molar-refractivity contribution is 5.94. The molecule has 25 heavy (non-hydrogen) atoms. The van der Waals surface area contributed by atoms with Crippen LogP contribution in [0.2, 0.25) is 0 Å². The summed E-state index contributed by atoms with van der Waals surface area (Å²) >= 11 is 0. The van der Waals surface area contributed by atoms with Gasteiger partial charge in [0.1, 0.15) is 18.1 Å². The highest BCUT2D eigenvalue weighted by atomic mass is 16.5. The molecule has 0 aliphatic heterocycles. The second-order valence-corrected chi connectivity index (χ2v) is 5.87. The summed E-state index contributed by atoms with van der Waals surface area (Å²) in [6, 6.07) is 12.9. The van der Waals surface area contributed by atoms with Crippen molar-refractivity contribution in [2.45, 2.75) is 26.7 Å². The number of ether oxygens (including phenoxy) is 2. The molecular weight excluding hydrogens is 318 g/mol. The van der Waals surface area contributed by atoms with Crippen LogP contribution in [0.5, 0.6) is 11.5 Å². The van der Waals surface area contributed by atoms with E-state index in [1.54, 1.807) is 19.2 Å². The first-order valence-corrected chi connectivity index (χ1v) is 8.13. The molecule has 0 fully saturated rings. The summed E-state index contributed by atoms with van der Waals surface area (Å²) in [6.45, 7) is 3.84. The van der Waals surface area contributed by atoms with E-state index in [1.807, 2.05) is 44.2 Å². The van der Waals surface area contributed by atoms with Gasteiger partial charge in [0, 0.05) is 18.5 Å². The molecule has 0 bridgehead atoms. The number of hydrogen-bond donors (Lipinski definition) is 1. The molecule has 0 aliphatic rings. The topological polar surface area (TPSA) is 64.6 Å². The van der Waals surface area contributed by atoms with Crippen molar-refractivity contribution >= 4 is 17.4 Å². The number of methoxy groups -OCH3 is 1. The van der Waals surface area contributed by atoms with Gasteiger partial charge in [-0.25, -0.2) is 0 Å². The summed E-state index contributed by atoms with van der Waals surface area (Å²) < 4.78 is 10.6. The van der Waals surface area contributed by atoms with Crippen LogP contribution in [0.3, 0.4) is 0 Å². The molecule has 2 aromatic carbocycles. The fourth-order valence-corrected chi connectivity index (χ4v) is 2.24. The number of hydrogen-bond acceptors (Lipinski definition) is 4. The number of rotatable bonds is 8. The van der Waals surface area contributed by atoms with Crippen molar-refractivity contribution in [1.29, 1.82) is 0 Å². The molecule has 0 unspecified atom stereocenters. The van der Waals surface area contributed by atoms with Gasteiger partial charge in [-0.05, 0) is 49.7 Å². The van der Waals surface area contributed by atoms with Crippen molar-refractivity contribution in [3.63, 3.8) is 0 Å². The Balaban J connectivity index is 1.75. The Morgan fingerprint density at radius 2 is 1.64 bits per heavy atom. The number of nitrogens with one attached hydrogen (secondary N) is 1. The molecule has 0 aromatic heterocycles. The fourth-order valence-electron chi connectivity index (χ4n) is 2.24. The van der Waals surface area contributed by atoms with E-state index >= 15 is 0 Å². The van der Waals surface area contributed by atoms with Gasteiger partial charge in [-0.15, -0.1) is 0 Å². The Kier molecular flexibility index (Phi) is 6.57. The molecular formula is C20H23NO4. The Morgan fingerprint density at radius 3 is 2.28 bits per heavy atom. The molecule has 132 valence electrons. The minimum Gasteiger partial charge on any atom is -0.497 e. The third-order valence-corrected chi connectivity index (χ3v) is 3.76. The first-order valence-electron chi connectivity index (χ1n) is 8.13. The first kappa shape index (κ1) is 18.5. The lowest BCUT2D eigenvalue weighted by Crippen LogP contribution is -2.17. The number of ketones is 1. The van der Waals surface area contributed by atoms with Crippen LogP contribution in [-0.4, -0.2) is 25.4 Å². The number of Topliss-reactive ketones (excluding diaryl/α,β-unsaturated/α-hetero) is 1. The van der Waals surface area contributed by atoms with Crippen molar-refractivity contribution in [3.05, 3.63) is 53.6 Å². The monoisotopic (exact) mass is 341 g/mol. The molecule has 0 spiro atoms. The van der Waals surface area contributed by atoms with Crippen molar-refractivity contribution in [2.75, 3.05) is 19.0 Å². The smallest absolute Gasteiger partial charge is 0.224 e. The van der Waals surface area contributed by atoms with E-state index in [0.717, 1.165) is 16.9 Å². The predicted octanol–water partition coefficient (Wildman–Crippen LogP) is 3.68. The number of benzene rings is 2. The van der Waals surface area contributed by atoms with Gasteiger partial charge in [0.05, 0.1) is 7.11 Å². The van der Waals surface area contributed by atoms with Gasteiger partial charge in [-0.1, -0.05) is 17.7 Å². The average Bonchev–Trinajstić information content (AvgIpc) is 2.61. The summed E-state index contributed by atoms with van der Waals surface area (Å²) in [4.78, 5) is 23.9. The van der Waals surface area contributed by atoms with Crippen LogP contribution in [0.25, 0.3) is 0 Å². The van der Waals surface area contributed by atoms with Crippen LogP contribution >= 0.6 is 0 Å². The molecule has 2 rings (SSSR count). The van der Waals surface area contributed by atoms with Crippen molar-refractivity contribution in [2.24, 2.45) is 0 Å². The maximum atomic E-state index is 12.0. The van der Waals surface area contributed by atoms with Crippen LogP contribution in [0, 0.1) is 13.8 Å². The lowest BCUT2D eigenvalue weighted by Gasteiger charge is -2.10. The third kappa shape index (κ3) is 5.95. The van der Waals surface area contributed by atoms with E-state index in [1.165, 1.54) is 0 Å². The van der Waals surface area contributed by atoms with Gasteiger partial charge in [0.25, 0.3) is 0 Å². The average molecular weight is 341 g/mol. The number of aryl methyl sites for hydroxylation is 2. The predicted molar refractivity (Wildman–Crippen MR) is 97.3 cm³/mol. The SMILES string of the molecule is COc1ccc(NC(=O)CCC(=O)COc2ccc(C)cc2)c(C)c1. The molecule has 2 aromatic rings. The van der Waals surface area contributed by atoms with E-state index in [9.17, 15) is 9.59 Å². The van der Waals surface area contributed by atoms with E-state index < -0.39 is 0 Å². The van der Waals surface area contributed by atoms with Crippen molar-refractivity contribution < 1.29 is 19.1 Å². The van der Waals surface area contributed by atoms with Crippen LogP contribution in [0.1, 0.15) is 24.0 Å². The number of carbonyl (C=O) groups excluding carboxylic acids is 2. The van der Waals surface area contributed by atoms with E-state index in [2.05, 4.69) is 5.32 Å². The number of anilines is 1.